The molecule has 0 radical (unpaired) electrons. The molecular weight excluding hydrogens is 467 g/mol. The molecule has 1 heterocycles. The van der Waals surface area contributed by atoms with Crippen LogP contribution in [-0.4, -0.2) is 35.8 Å². The van der Waals surface area contributed by atoms with Crippen molar-refractivity contribution in [3.63, 3.8) is 0 Å². The second-order valence-corrected chi connectivity index (χ2v) is 9.50. The van der Waals surface area contributed by atoms with Crippen LogP contribution in [0.15, 0.2) is 50.9 Å². The van der Waals surface area contributed by atoms with Crippen LogP contribution in [0, 0.1) is 6.92 Å². The van der Waals surface area contributed by atoms with Gasteiger partial charge in [0.25, 0.3) is 15.7 Å². The Morgan fingerprint density at radius 2 is 1.84 bits per heavy atom. The maximum atomic E-state index is 12.3. The number of aliphatic hydroxyl groups is 1. The number of benzene rings is 2. The Bertz CT molecular complexity index is 1320. The minimum Gasteiger partial charge on any atom is -0.391 e. The summed E-state index contributed by atoms with van der Waals surface area (Å²) in [5.41, 5.74) is -0.242. The summed E-state index contributed by atoms with van der Waals surface area (Å²) in [5, 5.41) is 10.8. The molecule has 3 rings (SSSR count). The van der Waals surface area contributed by atoms with Crippen molar-refractivity contribution in [3.8, 4) is 0 Å². The number of H-pyrrole nitrogens is 1. The van der Waals surface area contributed by atoms with Crippen LogP contribution in [0.25, 0.3) is 10.9 Å². The normalized spacial score (nSPS) is 12.9. The number of nitrogens with one attached hydrogen (secondary N) is 1. The van der Waals surface area contributed by atoms with Crippen LogP contribution in [0.2, 0.25) is 10.0 Å². The van der Waals surface area contributed by atoms with Crippen molar-refractivity contribution >= 4 is 44.2 Å². The van der Waals surface area contributed by atoms with Crippen LogP contribution in [-0.2, 0) is 20.8 Å². The first-order chi connectivity index (χ1) is 14.6. The van der Waals surface area contributed by atoms with Gasteiger partial charge in [-0.15, -0.1) is 0 Å². The molecule has 0 spiro atoms. The highest BCUT2D eigenvalue weighted by Gasteiger charge is 2.17. The van der Waals surface area contributed by atoms with Crippen LogP contribution >= 0.6 is 23.2 Å². The maximum absolute atomic E-state index is 12.3. The van der Waals surface area contributed by atoms with Gasteiger partial charge in [-0.25, -0.2) is 4.79 Å². The number of rotatable bonds is 8. The Labute approximate surface area is 188 Å². The van der Waals surface area contributed by atoms with Crippen LogP contribution < -0.4 is 11.2 Å². The van der Waals surface area contributed by atoms with Gasteiger partial charge in [0.05, 0.1) is 40.1 Å². The number of hydrogen-bond acceptors (Lipinski definition) is 6. The Balaban J connectivity index is 1.66. The van der Waals surface area contributed by atoms with Gasteiger partial charge in [0.15, 0.2) is 0 Å². The largest absolute Gasteiger partial charge is 0.391 e. The fourth-order valence-electron chi connectivity index (χ4n) is 3.08. The second kappa shape index (κ2) is 9.54. The predicted molar refractivity (Wildman–Crippen MR) is 118 cm³/mol. The van der Waals surface area contributed by atoms with E-state index in [1.54, 1.807) is 12.1 Å². The van der Waals surface area contributed by atoms with Crippen molar-refractivity contribution in [1.29, 1.82) is 0 Å². The first-order valence-corrected chi connectivity index (χ1v) is 11.5. The van der Waals surface area contributed by atoms with E-state index in [9.17, 15) is 23.1 Å². The van der Waals surface area contributed by atoms with E-state index in [1.807, 2.05) is 6.92 Å². The molecular formula is C20H20Cl2N2O6S. The van der Waals surface area contributed by atoms with Crippen molar-refractivity contribution in [3.05, 3.63) is 72.8 Å². The van der Waals surface area contributed by atoms with Gasteiger partial charge in [0, 0.05) is 5.02 Å². The zero-order valence-electron chi connectivity index (χ0n) is 16.5. The molecule has 0 fully saturated rings. The summed E-state index contributed by atoms with van der Waals surface area (Å²) in [7, 11) is -3.89. The summed E-state index contributed by atoms with van der Waals surface area (Å²) in [6.45, 7) is 1.57. The molecule has 0 saturated heterocycles. The summed E-state index contributed by atoms with van der Waals surface area (Å²) < 4.78 is 30.5. The van der Waals surface area contributed by atoms with Crippen molar-refractivity contribution in [2.24, 2.45) is 0 Å². The molecule has 8 nitrogen and oxygen atoms in total. The quantitative estimate of drug-likeness (QED) is 0.373. The molecule has 0 aliphatic rings. The van der Waals surface area contributed by atoms with Gasteiger partial charge in [-0.05, 0) is 44.0 Å². The number of fused-ring (bicyclic) bond motifs is 1. The first kappa shape index (κ1) is 23.5. The van der Waals surface area contributed by atoms with Gasteiger partial charge in [0.1, 0.15) is 0 Å². The third kappa shape index (κ3) is 5.55. The molecule has 11 heteroatoms. The van der Waals surface area contributed by atoms with E-state index in [2.05, 4.69) is 4.98 Å². The summed E-state index contributed by atoms with van der Waals surface area (Å²) in [6, 6.07) is 9.07. The molecule has 0 bridgehead atoms. The zero-order chi connectivity index (χ0) is 22.8. The molecule has 2 N–H and O–H groups in total. The average Bonchev–Trinajstić information content (AvgIpc) is 2.68. The standard InChI is InChI=1S/C20H20Cl2N2O6S/c1-12-4-6-15(7-5-12)31(28,29)30-8-2-3-14(25)11-24-17-10-13(21)9-16(22)18(17)19(26)23-20(24)27/h4-7,9-10,14,25H,2-3,8,11H2,1H3,(H,23,26,27). The van der Waals surface area contributed by atoms with E-state index < -0.39 is 27.5 Å². The van der Waals surface area contributed by atoms with Crippen molar-refractivity contribution in [2.75, 3.05) is 6.61 Å². The molecule has 0 aliphatic heterocycles. The van der Waals surface area contributed by atoms with Crippen molar-refractivity contribution in [1.82, 2.24) is 9.55 Å². The Hall–Kier alpha value is -2.17. The average molecular weight is 487 g/mol. The summed E-state index contributed by atoms with van der Waals surface area (Å²) in [6.07, 6.45) is -0.621. The highest BCUT2D eigenvalue weighted by Crippen LogP contribution is 2.24. The van der Waals surface area contributed by atoms with Gasteiger partial charge >= 0.3 is 5.69 Å². The number of nitrogens with zero attached hydrogens (tertiary/aromatic N) is 1. The minimum absolute atomic E-state index is 0.0543. The molecule has 1 atom stereocenters. The molecule has 3 aromatic rings. The molecule has 0 saturated carbocycles. The SMILES string of the molecule is Cc1ccc(S(=O)(=O)OCCCC(O)Cn2c(=O)[nH]c(=O)c3c(Cl)cc(Cl)cc32)cc1. The lowest BCUT2D eigenvalue weighted by Crippen LogP contribution is -2.33. The third-order valence-corrected chi connectivity index (χ3v) is 6.48. The van der Waals surface area contributed by atoms with E-state index in [4.69, 9.17) is 27.4 Å². The fraction of sp³-hybridized carbons (Fsp3) is 0.300. The van der Waals surface area contributed by atoms with Gasteiger partial charge in [-0.2, -0.15) is 8.42 Å². The molecule has 1 aromatic heterocycles. The number of halogens is 2. The molecule has 166 valence electrons. The highest BCUT2D eigenvalue weighted by molar-refractivity contribution is 7.86. The Kier molecular flexibility index (Phi) is 7.23. The zero-order valence-corrected chi connectivity index (χ0v) is 18.8. The van der Waals surface area contributed by atoms with E-state index in [1.165, 1.54) is 28.8 Å². The van der Waals surface area contributed by atoms with Gasteiger partial charge in [0.2, 0.25) is 0 Å². The van der Waals surface area contributed by atoms with Crippen LogP contribution in [0.3, 0.4) is 0 Å². The van der Waals surface area contributed by atoms with Crippen LogP contribution in [0.1, 0.15) is 18.4 Å². The van der Waals surface area contributed by atoms with Gasteiger partial charge < -0.3 is 5.11 Å². The third-order valence-electron chi connectivity index (χ3n) is 4.64. The van der Waals surface area contributed by atoms with E-state index >= 15 is 0 Å². The number of aliphatic hydroxyl groups excluding tert-OH is 1. The van der Waals surface area contributed by atoms with Gasteiger partial charge in [-0.1, -0.05) is 40.9 Å². The van der Waals surface area contributed by atoms with Crippen molar-refractivity contribution in [2.45, 2.75) is 37.3 Å². The lowest BCUT2D eigenvalue weighted by Gasteiger charge is -2.15. The monoisotopic (exact) mass is 486 g/mol. The van der Waals surface area contributed by atoms with Crippen molar-refractivity contribution < 1.29 is 17.7 Å². The summed E-state index contributed by atoms with van der Waals surface area (Å²) >= 11 is 12.1. The summed E-state index contributed by atoms with van der Waals surface area (Å²) in [4.78, 5) is 26.6. The second-order valence-electron chi connectivity index (χ2n) is 7.04. The van der Waals surface area contributed by atoms with E-state index in [-0.39, 0.29) is 51.8 Å². The van der Waals surface area contributed by atoms with Crippen LogP contribution in [0.4, 0.5) is 0 Å². The Morgan fingerprint density at radius 3 is 2.52 bits per heavy atom. The number of hydrogen-bond donors (Lipinski definition) is 2. The van der Waals surface area contributed by atoms with E-state index in [0.717, 1.165) is 5.56 Å². The number of aromatic nitrogens is 2. The van der Waals surface area contributed by atoms with E-state index in [0.29, 0.717) is 0 Å². The molecule has 0 aliphatic carbocycles. The molecule has 1 unspecified atom stereocenters. The lowest BCUT2D eigenvalue weighted by molar-refractivity contribution is 0.134. The minimum atomic E-state index is -3.89. The smallest absolute Gasteiger partial charge is 0.328 e. The highest BCUT2D eigenvalue weighted by atomic mass is 35.5. The number of aryl methyl sites for hydroxylation is 1. The predicted octanol–water partition coefficient (Wildman–Crippen LogP) is 2.85. The fourth-order valence-corrected chi connectivity index (χ4v) is 4.59. The maximum Gasteiger partial charge on any atom is 0.328 e. The van der Waals surface area contributed by atoms with Crippen LogP contribution in [0.5, 0.6) is 0 Å². The summed E-state index contributed by atoms with van der Waals surface area (Å²) in [5.74, 6) is 0. The number of aromatic amines is 1. The topological polar surface area (TPSA) is 118 Å². The molecule has 0 amide bonds. The molecule has 2 aromatic carbocycles. The Morgan fingerprint density at radius 1 is 1.16 bits per heavy atom. The first-order valence-electron chi connectivity index (χ1n) is 9.34. The molecule has 31 heavy (non-hydrogen) atoms. The lowest BCUT2D eigenvalue weighted by atomic mass is 10.2. The van der Waals surface area contributed by atoms with Gasteiger partial charge in [-0.3, -0.25) is 18.5 Å².